The van der Waals surface area contributed by atoms with Gasteiger partial charge in [0.2, 0.25) is 0 Å². The van der Waals surface area contributed by atoms with E-state index in [0.717, 1.165) is 28.8 Å². The molecule has 0 aliphatic rings. The first-order chi connectivity index (χ1) is 11.5. The predicted molar refractivity (Wildman–Crippen MR) is 95.9 cm³/mol. The van der Waals surface area contributed by atoms with Gasteiger partial charge in [0, 0.05) is 32.0 Å². The van der Waals surface area contributed by atoms with Crippen molar-refractivity contribution in [2.45, 2.75) is 24.9 Å². The van der Waals surface area contributed by atoms with Crippen molar-refractivity contribution in [3.63, 3.8) is 0 Å². The van der Waals surface area contributed by atoms with Crippen LogP contribution in [0.2, 0.25) is 0 Å². The van der Waals surface area contributed by atoms with Crippen molar-refractivity contribution in [1.29, 1.82) is 0 Å². The minimum Gasteiger partial charge on any atom is -0.380 e. The summed E-state index contributed by atoms with van der Waals surface area (Å²) in [6.07, 6.45) is 3.59. The van der Waals surface area contributed by atoms with Gasteiger partial charge in [0.1, 0.15) is 9.92 Å². The molecule has 0 spiro atoms. The first-order valence-corrected chi connectivity index (χ1v) is 9.19. The molecule has 3 N–H and O–H groups in total. The molecule has 0 saturated carbocycles. The Labute approximate surface area is 141 Å². The van der Waals surface area contributed by atoms with Gasteiger partial charge in [-0.3, -0.25) is 0 Å². The quantitative estimate of drug-likeness (QED) is 0.742. The number of nitrogens with two attached hydrogens (primary N) is 1. The van der Waals surface area contributed by atoms with Crippen LogP contribution in [0.1, 0.15) is 12.5 Å². The van der Waals surface area contributed by atoms with Gasteiger partial charge in [-0.2, -0.15) is 5.10 Å². The number of hydrogen-bond donors (Lipinski definition) is 2. The smallest absolute Gasteiger partial charge is 0.159 e. The molecule has 1 unspecified atom stereocenters. The third-order valence-electron chi connectivity index (χ3n) is 3.85. The number of hydrogen-bond acceptors (Lipinski definition) is 5. The Morgan fingerprint density at radius 1 is 1.29 bits per heavy atom. The number of pyridine rings is 1. The van der Waals surface area contributed by atoms with Crippen LogP contribution < -0.4 is 10.5 Å². The molecule has 0 amide bonds. The van der Waals surface area contributed by atoms with Crippen molar-refractivity contribution in [1.82, 2.24) is 14.8 Å². The molecule has 2 aromatic heterocycles. The van der Waals surface area contributed by atoms with Crippen molar-refractivity contribution in [3.8, 4) is 0 Å². The standard InChI is InChI=1S/C16H20N6OS/c1-3-22-16-14(11-21-22)15(8-9-19-16)20-10-12-4-6-13(7-5-12)24(17,23)18-2/h4-9,11H,3,10H2,1-2H3,(H,19,20)(H2,17,18,23). The normalized spacial score (nSPS) is 13.6. The van der Waals surface area contributed by atoms with Gasteiger partial charge in [-0.15, -0.1) is 0 Å². The maximum Gasteiger partial charge on any atom is 0.159 e. The number of fused-ring (bicyclic) bond motifs is 1. The van der Waals surface area contributed by atoms with Gasteiger partial charge in [0.05, 0.1) is 16.5 Å². The van der Waals surface area contributed by atoms with Crippen LogP contribution in [-0.4, -0.2) is 26.0 Å². The highest BCUT2D eigenvalue weighted by molar-refractivity contribution is 7.91. The lowest BCUT2D eigenvalue weighted by molar-refractivity contribution is 0.677. The SMILES string of the molecule is CCn1ncc2c(NCc3ccc(S(N)(=O)=NC)cc3)ccnc21. The van der Waals surface area contributed by atoms with E-state index in [1.165, 1.54) is 7.05 Å². The van der Waals surface area contributed by atoms with Crippen LogP contribution >= 0.6 is 0 Å². The molecule has 24 heavy (non-hydrogen) atoms. The number of rotatable bonds is 5. The van der Waals surface area contributed by atoms with Crippen molar-refractivity contribution >= 4 is 26.6 Å². The molecule has 0 aliphatic heterocycles. The van der Waals surface area contributed by atoms with Gasteiger partial charge < -0.3 is 5.32 Å². The number of nitrogens with zero attached hydrogens (tertiary/aromatic N) is 4. The Balaban J connectivity index is 1.79. The highest BCUT2D eigenvalue weighted by Crippen LogP contribution is 2.22. The number of nitrogens with one attached hydrogen (secondary N) is 1. The molecular formula is C16H20N6OS. The van der Waals surface area contributed by atoms with Crippen LogP contribution in [0.4, 0.5) is 5.69 Å². The summed E-state index contributed by atoms with van der Waals surface area (Å²) in [5.74, 6) is 0. The minimum absolute atomic E-state index is 0.532. The number of aryl methyl sites for hydroxylation is 1. The van der Waals surface area contributed by atoms with Crippen LogP contribution in [-0.2, 0) is 23.0 Å². The summed E-state index contributed by atoms with van der Waals surface area (Å²) in [6.45, 7) is 3.45. The maximum atomic E-state index is 12.0. The molecule has 0 saturated heterocycles. The van der Waals surface area contributed by atoms with E-state index in [0.29, 0.717) is 11.4 Å². The Bertz CT molecular complexity index is 970. The highest BCUT2D eigenvalue weighted by atomic mass is 32.2. The molecule has 0 bridgehead atoms. The van der Waals surface area contributed by atoms with E-state index in [2.05, 4.69) is 19.8 Å². The Morgan fingerprint density at radius 3 is 2.71 bits per heavy atom. The Morgan fingerprint density at radius 2 is 2.04 bits per heavy atom. The summed E-state index contributed by atoms with van der Waals surface area (Å²) in [5.41, 5.74) is 2.90. The van der Waals surface area contributed by atoms with Gasteiger partial charge in [0.25, 0.3) is 0 Å². The van der Waals surface area contributed by atoms with Crippen LogP contribution in [0.5, 0.6) is 0 Å². The summed E-state index contributed by atoms with van der Waals surface area (Å²) in [5, 5.41) is 14.4. The molecule has 8 heteroatoms. The lowest BCUT2D eigenvalue weighted by Crippen LogP contribution is -2.12. The first kappa shape index (κ1) is 16.4. The van der Waals surface area contributed by atoms with E-state index in [9.17, 15) is 4.21 Å². The van der Waals surface area contributed by atoms with E-state index in [1.807, 2.05) is 36.0 Å². The molecular weight excluding hydrogens is 324 g/mol. The first-order valence-electron chi connectivity index (χ1n) is 7.61. The molecule has 1 atom stereocenters. The van der Waals surface area contributed by atoms with Crippen LogP contribution in [0.15, 0.2) is 52.0 Å². The molecule has 0 aliphatic carbocycles. The fraction of sp³-hybridized carbons (Fsp3) is 0.250. The van der Waals surface area contributed by atoms with Gasteiger partial charge in [-0.1, -0.05) is 12.1 Å². The summed E-state index contributed by atoms with van der Waals surface area (Å²) >= 11 is 0. The lowest BCUT2D eigenvalue weighted by Gasteiger charge is -2.09. The predicted octanol–water partition coefficient (Wildman–Crippen LogP) is 2.39. The third-order valence-corrected chi connectivity index (χ3v) is 5.34. The van der Waals surface area contributed by atoms with Crippen LogP contribution in [0.25, 0.3) is 11.0 Å². The van der Waals surface area contributed by atoms with Crippen molar-refractivity contribution < 1.29 is 4.21 Å². The van der Waals surface area contributed by atoms with Crippen molar-refractivity contribution in [2.75, 3.05) is 12.4 Å². The molecule has 3 aromatic rings. The number of benzene rings is 1. The second kappa shape index (κ2) is 6.58. The van der Waals surface area contributed by atoms with Gasteiger partial charge in [-0.25, -0.2) is 23.4 Å². The molecule has 7 nitrogen and oxygen atoms in total. The monoisotopic (exact) mass is 344 g/mol. The summed E-state index contributed by atoms with van der Waals surface area (Å²) < 4.78 is 17.6. The fourth-order valence-corrected chi connectivity index (χ4v) is 3.20. The highest BCUT2D eigenvalue weighted by Gasteiger charge is 2.08. The summed E-state index contributed by atoms with van der Waals surface area (Å²) in [6, 6.07) is 9.23. The summed E-state index contributed by atoms with van der Waals surface area (Å²) in [4.78, 5) is 4.91. The third kappa shape index (κ3) is 3.10. The Kier molecular flexibility index (Phi) is 4.50. The van der Waals surface area contributed by atoms with Crippen LogP contribution in [0.3, 0.4) is 0 Å². The molecule has 3 rings (SSSR count). The number of aromatic nitrogens is 3. The van der Waals surface area contributed by atoms with Gasteiger partial charge >= 0.3 is 0 Å². The topological polar surface area (TPSA) is 98.2 Å². The van der Waals surface area contributed by atoms with Crippen LogP contribution in [0, 0.1) is 0 Å². The second-order valence-electron chi connectivity index (χ2n) is 5.30. The molecule has 2 heterocycles. The van der Waals surface area contributed by atoms with E-state index >= 15 is 0 Å². The molecule has 1 aromatic carbocycles. The minimum atomic E-state index is -2.78. The number of anilines is 1. The summed E-state index contributed by atoms with van der Waals surface area (Å²) in [7, 11) is -1.31. The lowest BCUT2D eigenvalue weighted by atomic mass is 10.2. The van der Waals surface area contributed by atoms with E-state index in [-0.39, 0.29) is 0 Å². The molecule has 0 radical (unpaired) electrons. The van der Waals surface area contributed by atoms with E-state index in [1.54, 1.807) is 18.3 Å². The van der Waals surface area contributed by atoms with E-state index in [4.69, 9.17) is 5.14 Å². The fourth-order valence-electron chi connectivity index (χ4n) is 2.47. The maximum absolute atomic E-state index is 12.0. The zero-order chi connectivity index (χ0) is 17.2. The van der Waals surface area contributed by atoms with Crippen molar-refractivity contribution in [2.24, 2.45) is 9.50 Å². The molecule has 126 valence electrons. The van der Waals surface area contributed by atoms with Gasteiger partial charge in [-0.05, 0) is 30.7 Å². The second-order valence-corrected chi connectivity index (χ2v) is 7.28. The Hall–Kier alpha value is -2.45. The zero-order valence-electron chi connectivity index (χ0n) is 13.6. The van der Waals surface area contributed by atoms with E-state index < -0.39 is 9.92 Å². The van der Waals surface area contributed by atoms with Crippen molar-refractivity contribution in [3.05, 3.63) is 48.3 Å². The molecule has 0 fully saturated rings. The average molecular weight is 344 g/mol. The largest absolute Gasteiger partial charge is 0.380 e. The van der Waals surface area contributed by atoms with Gasteiger partial charge in [0.15, 0.2) is 5.65 Å². The zero-order valence-corrected chi connectivity index (χ0v) is 14.5. The average Bonchev–Trinajstić information content (AvgIpc) is 3.04.